The highest BCUT2D eigenvalue weighted by Crippen LogP contribution is 2.48. The molecule has 0 unspecified atom stereocenters. The Hall–Kier alpha value is -0.480. The van der Waals surface area contributed by atoms with E-state index in [0.29, 0.717) is 5.41 Å². The first-order valence-corrected chi connectivity index (χ1v) is 7.04. The number of carbonyl (C=O) groups excluding carboxylic acids is 1. The second-order valence-corrected chi connectivity index (χ2v) is 6.03. The van der Waals surface area contributed by atoms with E-state index in [-0.39, 0.29) is 5.91 Å². The number of amides is 1. The van der Waals surface area contributed by atoms with Crippen LogP contribution in [0.25, 0.3) is 0 Å². The molecule has 1 N–H and O–H groups in total. The van der Waals surface area contributed by atoms with Crippen LogP contribution in [0.1, 0.15) is 42.3 Å². The van der Waals surface area contributed by atoms with Gasteiger partial charge in [-0.2, -0.15) is 0 Å². The van der Waals surface area contributed by atoms with Gasteiger partial charge in [0.25, 0.3) is 5.91 Å². The summed E-state index contributed by atoms with van der Waals surface area (Å²) in [7, 11) is 0. The van der Waals surface area contributed by atoms with E-state index in [4.69, 9.17) is 0 Å². The molecule has 1 fully saturated rings. The Labute approximate surface area is 106 Å². The molecule has 1 aliphatic rings. The van der Waals surface area contributed by atoms with E-state index in [2.05, 4.69) is 24.9 Å². The molecule has 1 aromatic rings. The summed E-state index contributed by atoms with van der Waals surface area (Å²) in [6.07, 6.45) is 4.97. The molecular formula is C12H17NOS2. The van der Waals surface area contributed by atoms with E-state index >= 15 is 0 Å². The molecular weight excluding hydrogens is 238 g/mol. The van der Waals surface area contributed by atoms with Gasteiger partial charge >= 0.3 is 0 Å². The Bertz CT molecular complexity index is 382. The lowest BCUT2D eigenvalue weighted by molar-refractivity contribution is 0.0947. The Morgan fingerprint density at radius 1 is 1.62 bits per heavy atom. The highest BCUT2D eigenvalue weighted by molar-refractivity contribution is 7.80. The Kier molecular flexibility index (Phi) is 3.60. The third-order valence-electron chi connectivity index (χ3n) is 3.17. The summed E-state index contributed by atoms with van der Waals surface area (Å²) in [5.74, 6) is 0.0488. The van der Waals surface area contributed by atoms with Crippen molar-refractivity contribution in [3.05, 3.63) is 16.3 Å². The minimum atomic E-state index is 0.0488. The lowest BCUT2D eigenvalue weighted by Crippen LogP contribution is -2.29. The maximum absolute atomic E-state index is 11.8. The van der Waals surface area contributed by atoms with Gasteiger partial charge in [0.2, 0.25) is 0 Å². The maximum Gasteiger partial charge on any atom is 0.261 e. The van der Waals surface area contributed by atoms with Crippen LogP contribution in [-0.4, -0.2) is 12.5 Å². The van der Waals surface area contributed by atoms with Crippen LogP contribution in [0, 0.1) is 5.41 Å². The van der Waals surface area contributed by atoms with Gasteiger partial charge < -0.3 is 5.32 Å². The number of carbonyl (C=O) groups is 1. The van der Waals surface area contributed by atoms with Crippen molar-refractivity contribution in [2.75, 3.05) is 6.54 Å². The van der Waals surface area contributed by atoms with Gasteiger partial charge in [-0.25, -0.2) is 0 Å². The second-order valence-electron chi connectivity index (χ2n) is 4.60. The lowest BCUT2D eigenvalue weighted by atomic mass is 10.0. The summed E-state index contributed by atoms with van der Waals surface area (Å²) in [4.78, 5) is 13.4. The van der Waals surface area contributed by atoms with E-state index < -0.39 is 0 Å². The van der Waals surface area contributed by atoms with Crippen molar-refractivity contribution in [3.8, 4) is 0 Å². The monoisotopic (exact) mass is 255 g/mol. The molecule has 1 saturated carbocycles. The molecule has 1 aliphatic carbocycles. The van der Waals surface area contributed by atoms with E-state index in [9.17, 15) is 4.79 Å². The van der Waals surface area contributed by atoms with Crippen molar-refractivity contribution in [2.24, 2.45) is 5.41 Å². The number of rotatable bonds is 5. The minimum absolute atomic E-state index is 0.0488. The summed E-state index contributed by atoms with van der Waals surface area (Å²) in [5.41, 5.74) is 0.422. The molecule has 1 aromatic heterocycles. The van der Waals surface area contributed by atoms with Gasteiger partial charge in [0, 0.05) is 16.8 Å². The van der Waals surface area contributed by atoms with Crippen LogP contribution in [0.4, 0.5) is 0 Å². The maximum atomic E-state index is 11.8. The zero-order chi connectivity index (χ0) is 11.6. The fourth-order valence-electron chi connectivity index (χ4n) is 2.02. The van der Waals surface area contributed by atoms with Gasteiger partial charge in [-0.1, -0.05) is 13.3 Å². The molecule has 0 spiro atoms. The Morgan fingerprint density at radius 2 is 2.38 bits per heavy atom. The summed E-state index contributed by atoms with van der Waals surface area (Å²) in [5, 5.41) is 4.92. The van der Waals surface area contributed by atoms with Gasteiger partial charge in [0.05, 0.1) is 4.88 Å². The highest BCUT2D eigenvalue weighted by atomic mass is 32.1. The fraction of sp³-hybridized carbons (Fsp3) is 0.583. The number of hydrogen-bond donors (Lipinski definition) is 2. The standard InChI is InChI=1S/C12H17NOS2/c1-2-3-12(4-5-12)8-13-11(14)10-6-9(15)7-16-10/h6-7,15H,2-5,8H2,1H3,(H,13,14). The quantitative estimate of drug-likeness (QED) is 0.776. The molecule has 4 heteroatoms. The largest absolute Gasteiger partial charge is 0.351 e. The summed E-state index contributed by atoms with van der Waals surface area (Å²) >= 11 is 5.65. The molecule has 0 atom stereocenters. The van der Waals surface area contributed by atoms with Gasteiger partial charge in [-0.15, -0.1) is 24.0 Å². The second kappa shape index (κ2) is 4.80. The predicted molar refractivity (Wildman–Crippen MR) is 70.5 cm³/mol. The first kappa shape index (κ1) is 12.0. The van der Waals surface area contributed by atoms with Gasteiger partial charge in [0.1, 0.15) is 0 Å². The zero-order valence-electron chi connectivity index (χ0n) is 9.45. The molecule has 2 nitrogen and oxygen atoms in total. The third kappa shape index (κ3) is 2.80. The highest BCUT2D eigenvalue weighted by Gasteiger charge is 2.41. The summed E-state index contributed by atoms with van der Waals surface area (Å²) < 4.78 is 0. The van der Waals surface area contributed by atoms with E-state index in [1.54, 1.807) is 0 Å². The molecule has 1 amide bonds. The van der Waals surface area contributed by atoms with Crippen molar-refractivity contribution < 1.29 is 4.79 Å². The first-order chi connectivity index (χ1) is 7.65. The van der Waals surface area contributed by atoms with E-state index in [0.717, 1.165) is 16.3 Å². The van der Waals surface area contributed by atoms with Gasteiger partial charge in [-0.05, 0) is 30.7 Å². The lowest BCUT2D eigenvalue weighted by Gasteiger charge is -2.14. The number of thiophene rings is 1. The molecule has 0 saturated heterocycles. The van der Waals surface area contributed by atoms with Gasteiger partial charge in [0.15, 0.2) is 0 Å². The van der Waals surface area contributed by atoms with Gasteiger partial charge in [-0.3, -0.25) is 4.79 Å². The van der Waals surface area contributed by atoms with Crippen LogP contribution in [0.15, 0.2) is 16.3 Å². The minimum Gasteiger partial charge on any atom is -0.351 e. The molecule has 16 heavy (non-hydrogen) atoms. The van der Waals surface area contributed by atoms with Crippen molar-refractivity contribution in [1.29, 1.82) is 0 Å². The Balaban J connectivity index is 1.84. The summed E-state index contributed by atoms with van der Waals surface area (Å²) in [6, 6.07) is 1.82. The molecule has 2 rings (SSSR count). The van der Waals surface area contributed by atoms with Crippen molar-refractivity contribution in [3.63, 3.8) is 0 Å². The smallest absolute Gasteiger partial charge is 0.261 e. The topological polar surface area (TPSA) is 29.1 Å². The molecule has 1 heterocycles. The van der Waals surface area contributed by atoms with Crippen LogP contribution in [-0.2, 0) is 0 Å². The predicted octanol–water partition coefficient (Wildman–Crippen LogP) is 3.35. The number of nitrogens with one attached hydrogen (secondary N) is 1. The third-order valence-corrected chi connectivity index (χ3v) is 4.53. The molecule has 0 bridgehead atoms. The van der Waals surface area contributed by atoms with E-state index in [1.165, 1.54) is 37.0 Å². The average Bonchev–Trinajstić information content (AvgIpc) is 2.89. The normalized spacial score (nSPS) is 17.1. The first-order valence-electron chi connectivity index (χ1n) is 5.71. The molecule has 0 aliphatic heterocycles. The molecule has 0 aromatic carbocycles. The van der Waals surface area contributed by atoms with E-state index in [1.807, 2.05) is 11.4 Å². The van der Waals surface area contributed by atoms with Crippen LogP contribution in [0.2, 0.25) is 0 Å². The summed E-state index contributed by atoms with van der Waals surface area (Å²) in [6.45, 7) is 3.04. The van der Waals surface area contributed by atoms with Crippen LogP contribution in [0.5, 0.6) is 0 Å². The molecule has 88 valence electrons. The fourth-order valence-corrected chi connectivity index (χ4v) is 3.09. The van der Waals surface area contributed by atoms with Crippen molar-refractivity contribution in [2.45, 2.75) is 37.5 Å². The van der Waals surface area contributed by atoms with Crippen molar-refractivity contribution in [1.82, 2.24) is 5.32 Å². The Morgan fingerprint density at radius 3 is 2.88 bits per heavy atom. The van der Waals surface area contributed by atoms with Crippen molar-refractivity contribution >= 4 is 29.9 Å². The van der Waals surface area contributed by atoms with Crippen LogP contribution < -0.4 is 5.32 Å². The molecule has 0 radical (unpaired) electrons. The van der Waals surface area contributed by atoms with Crippen LogP contribution >= 0.6 is 24.0 Å². The SMILES string of the molecule is CCCC1(CNC(=O)c2cc(S)cs2)CC1. The van der Waals surface area contributed by atoms with Crippen LogP contribution in [0.3, 0.4) is 0 Å². The number of thiol groups is 1. The number of hydrogen-bond acceptors (Lipinski definition) is 3. The average molecular weight is 255 g/mol. The zero-order valence-corrected chi connectivity index (χ0v) is 11.2.